The molecule has 9 rings (SSSR count). The van der Waals surface area contributed by atoms with Crippen LogP contribution in [0.4, 0.5) is 34.1 Å². The van der Waals surface area contributed by atoms with E-state index in [4.69, 9.17) is 0 Å². The number of benzene rings is 8. The Labute approximate surface area is 392 Å². The zero-order valence-electron chi connectivity index (χ0n) is 40.3. The third-order valence-corrected chi connectivity index (χ3v) is 19.8. The van der Waals surface area contributed by atoms with Gasteiger partial charge in [-0.05, 0) is 105 Å². The molecule has 1 aliphatic rings. The third kappa shape index (κ3) is 8.65. The molecule has 0 radical (unpaired) electrons. The lowest BCUT2D eigenvalue weighted by Gasteiger charge is -2.29. The van der Waals surface area contributed by atoms with E-state index in [1.54, 1.807) is 0 Å². The maximum absolute atomic E-state index is 2.45. The van der Waals surface area contributed by atoms with Crippen molar-refractivity contribution in [1.29, 1.82) is 0 Å². The second-order valence-electron chi connectivity index (χ2n) is 21.6. The minimum atomic E-state index is -1.46. The van der Waals surface area contributed by atoms with Gasteiger partial charge < -0.3 is 9.80 Å². The molecular formula is C60H64N2Si3. The van der Waals surface area contributed by atoms with Crippen LogP contribution in [0.2, 0.25) is 58.9 Å². The van der Waals surface area contributed by atoms with Crippen molar-refractivity contribution in [3.63, 3.8) is 0 Å². The van der Waals surface area contributed by atoms with Crippen LogP contribution in [-0.4, -0.2) is 24.2 Å². The Morgan fingerprint density at radius 2 is 0.800 bits per heavy atom. The Hall–Kier alpha value is -5.99. The largest absolute Gasteiger partial charge is 0.310 e. The highest BCUT2D eigenvalue weighted by molar-refractivity contribution is 6.89. The van der Waals surface area contributed by atoms with Crippen molar-refractivity contribution in [1.82, 2.24) is 0 Å². The van der Waals surface area contributed by atoms with Gasteiger partial charge in [0.2, 0.25) is 0 Å². The molecule has 0 unspecified atom stereocenters. The summed E-state index contributed by atoms with van der Waals surface area (Å²) in [4.78, 5) is 4.86. The summed E-state index contributed by atoms with van der Waals surface area (Å²) < 4.78 is 0. The van der Waals surface area contributed by atoms with Crippen LogP contribution in [0.25, 0.3) is 34.1 Å². The lowest BCUT2D eigenvalue weighted by atomic mass is 9.81. The molecule has 1 aliphatic carbocycles. The Morgan fingerprint density at radius 1 is 0.369 bits per heavy atom. The number of hydrogen-bond acceptors (Lipinski definition) is 2. The third-order valence-electron chi connectivity index (χ3n) is 13.6. The zero-order valence-corrected chi connectivity index (χ0v) is 43.3. The van der Waals surface area contributed by atoms with Crippen molar-refractivity contribution in [2.75, 3.05) is 9.80 Å². The Morgan fingerprint density at radius 3 is 1.32 bits per heavy atom. The van der Waals surface area contributed by atoms with E-state index in [9.17, 15) is 0 Å². The van der Waals surface area contributed by atoms with Crippen LogP contribution < -0.4 is 25.4 Å². The Bertz CT molecular complexity index is 2980. The fourth-order valence-electron chi connectivity index (χ4n) is 9.60. The first kappa shape index (κ1) is 44.2. The maximum Gasteiger partial charge on any atom is 0.0775 e. The summed E-state index contributed by atoms with van der Waals surface area (Å²) in [7, 11) is -4.34. The summed E-state index contributed by atoms with van der Waals surface area (Å²) in [5, 5.41) is 6.88. The van der Waals surface area contributed by atoms with E-state index in [1.807, 2.05) is 0 Å². The van der Waals surface area contributed by atoms with Gasteiger partial charge in [-0.1, -0.05) is 210 Å². The molecule has 0 amide bonds. The summed E-state index contributed by atoms with van der Waals surface area (Å²) in [5.41, 5.74) is 14.7. The van der Waals surface area contributed by atoms with Crippen molar-refractivity contribution in [3.8, 4) is 11.1 Å². The van der Waals surface area contributed by atoms with Crippen LogP contribution in [0.3, 0.4) is 0 Å². The van der Waals surface area contributed by atoms with Gasteiger partial charge in [-0.25, -0.2) is 0 Å². The second-order valence-corrected chi connectivity index (χ2v) is 36.8. The minimum absolute atomic E-state index is 0.174. The molecule has 326 valence electrons. The molecular weight excluding hydrogens is 833 g/mol. The van der Waals surface area contributed by atoms with Crippen LogP contribution in [0.1, 0.15) is 36.1 Å². The van der Waals surface area contributed by atoms with E-state index in [0.29, 0.717) is 0 Å². The van der Waals surface area contributed by atoms with E-state index < -0.39 is 24.2 Å². The normalized spacial score (nSPS) is 13.5. The number of rotatable bonds is 11. The summed E-state index contributed by atoms with van der Waals surface area (Å²) in [5.74, 6) is 0. The predicted octanol–water partition coefficient (Wildman–Crippen LogP) is 15.9. The van der Waals surface area contributed by atoms with Crippen LogP contribution >= 0.6 is 0 Å². The molecule has 0 heterocycles. The summed E-state index contributed by atoms with van der Waals surface area (Å²) >= 11 is 0. The number of para-hydroxylation sites is 1. The Balaban J connectivity index is 1.05. The average Bonchev–Trinajstić information content (AvgIpc) is 3.50. The number of hydrogen-bond donors (Lipinski definition) is 0. The van der Waals surface area contributed by atoms with Gasteiger partial charge in [0.15, 0.2) is 0 Å². The van der Waals surface area contributed by atoms with E-state index in [2.05, 4.69) is 271 Å². The molecule has 0 spiro atoms. The molecule has 0 N–H and O–H groups in total. The van der Waals surface area contributed by atoms with Gasteiger partial charge in [0.25, 0.3) is 0 Å². The second kappa shape index (κ2) is 16.8. The van der Waals surface area contributed by atoms with E-state index in [0.717, 1.165) is 5.69 Å². The SMILES string of the molecule is CC1(C)c2cc(/C=C/c3ccc(N(c4ccc([Si](C)(C)C)cc4)c4ccc([Si](C)(C)C)cc4)c4ccccc34)ccc2-c2ccc(N(c3ccccc3)c3ccc([Si](C)(C)C)cc3)cc21. The smallest absolute Gasteiger partial charge is 0.0775 e. The summed E-state index contributed by atoms with van der Waals surface area (Å²) in [6.07, 6.45) is 4.61. The first-order valence-corrected chi connectivity index (χ1v) is 33.8. The molecule has 0 aromatic heterocycles. The lowest BCUT2D eigenvalue weighted by Crippen LogP contribution is -2.37. The lowest BCUT2D eigenvalue weighted by molar-refractivity contribution is 0.660. The highest BCUT2D eigenvalue weighted by Crippen LogP contribution is 2.51. The van der Waals surface area contributed by atoms with Gasteiger partial charge in [-0.3, -0.25) is 0 Å². The molecule has 5 heteroatoms. The topological polar surface area (TPSA) is 6.48 Å². The number of anilines is 6. The molecule has 0 bridgehead atoms. The van der Waals surface area contributed by atoms with Crippen LogP contribution in [-0.2, 0) is 5.41 Å². The predicted molar refractivity (Wildman–Crippen MR) is 295 cm³/mol. The highest BCUT2D eigenvalue weighted by atomic mass is 28.3. The van der Waals surface area contributed by atoms with Crippen molar-refractivity contribution in [2.45, 2.75) is 78.2 Å². The molecule has 65 heavy (non-hydrogen) atoms. The Kier molecular flexibility index (Phi) is 11.4. The van der Waals surface area contributed by atoms with Crippen LogP contribution in [0.5, 0.6) is 0 Å². The van der Waals surface area contributed by atoms with E-state index >= 15 is 0 Å². The summed E-state index contributed by atoms with van der Waals surface area (Å²) in [6.45, 7) is 26.5. The molecule has 0 saturated carbocycles. The first-order valence-electron chi connectivity index (χ1n) is 23.3. The molecule has 8 aromatic carbocycles. The fraction of sp³-hybridized carbons (Fsp3) is 0.200. The van der Waals surface area contributed by atoms with Crippen molar-refractivity contribution < 1.29 is 0 Å². The molecule has 0 fully saturated rings. The molecule has 0 aliphatic heterocycles. The van der Waals surface area contributed by atoms with Gasteiger partial charge in [-0.15, -0.1) is 0 Å². The molecule has 0 atom stereocenters. The molecule has 2 nitrogen and oxygen atoms in total. The minimum Gasteiger partial charge on any atom is -0.310 e. The van der Waals surface area contributed by atoms with Gasteiger partial charge in [-0.2, -0.15) is 0 Å². The van der Waals surface area contributed by atoms with Gasteiger partial charge >= 0.3 is 0 Å². The zero-order chi connectivity index (χ0) is 45.9. The number of fused-ring (bicyclic) bond motifs is 4. The first-order chi connectivity index (χ1) is 30.9. The van der Waals surface area contributed by atoms with Crippen molar-refractivity contribution in [2.24, 2.45) is 0 Å². The summed E-state index contributed by atoms with van der Waals surface area (Å²) in [6, 6.07) is 66.4. The van der Waals surface area contributed by atoms with E-state index in [-0.39, 0.29) is 5.41 Å². The van der Waals surface area contributed by atoms with Gasteiger partial charge in [0.1, 0.15) is 0 Å². The standard InChI is InChI=1S/C60H64N2Si3/c1-60(2)57-41-43(22-38-54(57)55-39-31-49(42-58(55)60)61(45-17-13-12-14-18-45)46-25-32-50(33-26-46)63(3,4)5)21-23-44-24-40-59(56-20-16-15-19-53(44)56)62(47-27-34-51(35-28-47)64(6,7)8)48-29-36-52(37-30-48)65(9,10)11/h12-42H,1-11H3/b23-21+. The van der Waals surface area contributed by atoms with E-state index in [1.165, 1.54) is 88.2 Å². The van der Waals surface area contributed by atoms with Crippen molar-refractivity contribution in [3.05, 3.63) is 198 Å². The number of nitrogens with zero attached hydrogens (tertiary/aromatic N) is 2. The van der Waals surface area contributed by atoms with Crippen LogP contribution in [0, 0.1) is 0 Å². The van der Waals surface area contributed by atoms with Crippen molar-refractivity contribution >= 4 is 96.8 Å². The monoisotopic (exact) mass is 896 g/mol. The van der Waals surface area contributed by atoms with Crippen LogP contribution in [0.15, 0.2) is 176 Å². The van der Waals surface area contributed by atoms with Gasteiger partial charge in [0, 0.05) is 39.2 Å². The highest BCUT2D eigenvalue weighted by Gasteiger charge is 2.36. The average molecular weight is 897 g/mol. The fourth-order valence-corrected chi connectivity index (χ4v) is 13.1. The molecule has 0 saturated heterocycles. The van der Waals surface area contributed by atoms with Gasteiger partial charge in [0.05, 0.1) is 29.9 Å². The maximum atomic E-state index is 2.45. The quantitative estimate of drug-likeness (QED) is 0.0943. The molecule has 8 aromatic rings.